The molecule has 0 N–H and O–H groups in total. The molecule has 0 saturated heterocycles. The Morgan fingerprint density at radius 1 is 0.682 bits per heavy atom. The number of unbranched alkanes of at least 4 members (excludes halogenated alkanes) is 5. The third-order valence-corrected chi connectivity index (χ3v) is 4.12. The van der Waals surface area contributed by atoms with Crippen LogP contribution in [0.25, 0.3) is 0 Å². The molecule has 0 spiro atoms. The van der Waals surface area contributed by atoms with Gasteiger partial charge in [-0.05, 0) is 24.1 Å². The molecule has 0 aliphatic rings. The summed E-state index contributed by atoms with van der Waals surface area (Å²) in [6.45, 7) is 4.42. The van der Waals surface area contributed by atoms with E-state index in [1.807, 2.05) is 0 Å². The van der Waals surface area contributed by atoms with Crippen LogP contribution in [0.5, 0.6) is 0 Å². The van der Waals surface area contributed by atoms with Gasteiger partial charge in [-0.2, -0.15) is 0 Å². The van der Waals surface area contributed by atoms with Crippen LogP contribution in [0.15, 0.2) is 60.7 Å². The van der Waals surface area contributed by atoms with E-state index in [0.717, 1.165) is 13.1 Å². The van der Waals surface area contributed by atoms with Crippen LogP contribution in [0.1, 0.15) is 51.0 Å². The lowest BCUT2D eigenvalue weighted by atomic mass is 10.1. The zero-order chi connectivity index (χ0) is 15.5. The zero-order valence-corrected chi connectivity index (χ0v) is 13.9. The smallest absolute Gasteiger partial charge is 0.0429 e. The van der Waals surface area contributed by atoms with E-state index in [1.165, 1.54) is 49.8 Å². The maximum atomic E-state index is 2.51. The Morgan fingerprint density at radius 2 is 1.27 bits per heavy atom. The first kappa shape index (κ1) is 16.6. The number of rotatable bonds is 10. The molecule has 0 aliphatic heterocycles. The fraction of sp³-hybridized carbons (Fsp3) is 0.429. The van der Waals surface area contributed by atoms with Crippen LogP contribution in [-0.2, 0) is 6.54 Å². The minimum Gasteiger partial charge on any atom is -0.367 e. The van der Waals surface area contributed by atoms with E-state index in [4.69, 9.17) is 0 Å². The van der Waals surface area contributed by atoms with Gasteiger partial charge in [-0.1, -0.05) is 87.6 Å². The molecule has 0 heterocycles. The molecule has 0 atom stereocenters. The average Bonchev–Trinajstić information content (AvgIpc) is 2.58. The Bertz CT molecular complexity index is 492. The van der Waals surface area contributed by atoms with Gasteiger partial charge in [0, 0.05) is 18.8 Å². The predicted molar refractivity (Wildman–Crippen MR) is 97.3 cm³/mol. The van der Waals surface area contributed by atoms with Gasteiger partial charge in [-0.25, -0.2) is 0 Å². The highest BCUT2D eigenvalue weighted by Crippen LogP contribution is 2.18. The molecule has 0 unspecified atom stereocenters. The molecule has 0 fully saturated rings. The third kappa shape index (κ3) is 5.93. The lowest BCUT2D eigenvalue weighted by Crippen LogP contribution is -2.23. The summed E-state index contributed by atoms with van der Waals surface area (Å²) >= 11 is 0. The molecule has 22 heavy (non-hydrogen) atoms. The maximum absolute atomic E-state index is 2.51. The molecular formula is C21H29N. The van der Waals surface area contributed by atoms with Gasteiger partial charge in [0.25, 0.3) is 0 Å². The molecule has 0 saturated carbocycles. The molecular weight excluding hydrogens is 266 g/mol. The quantitative estimate of drug-likeness (QED) is 0.482. The van der Waals surface area contributed by atoms with Crippen LogP contribution in [-0.4, -0.2) is 6.54 Å². The van der Waals surface area contributed by atoms with Crippen molar-refractivity contribution in [2.24, 2.45) is 0 Å². The van der Waals surface area contributed by atoms with Crippen molar-refractivity contribution in [1.29, 1.82) is 0 Å². The fourth-order valence-electron chi connectivity index (χ4n) is 2.83. The highest BCUT2D eigenvalue weighted by atomic mass is 15.1. The number of hydrogen-bond acceptors (Lipinski definition) is 1. The highest BCUT2D eigenvalue weighted by molar-refractivity contribution is 5.46. The van der Waals surface area contributed by atoms with E-state index in [0.29, 0.717) is 0 Å². The predicted octanol–water partition coefficient (Wildman–Crippen LogP) is 6.05. The van der Waals surface area contributed by atoms with Crippen molar-refractivity contribution < 1.29 is 0 Å². The molecule has 0 amide bonds. The lowest BCUT2D eigenvalue weighted by Gasteiger charge is -2.25. The van der Waals surface area contributed by atoms with Crippen molar-refractivity contribution in [1.82, 2.24) is 0 Å². The fourth-order valence-corrected chi connectivity index (χ4v) is 2.83. The molecule has 2 aromatic carbocycles. The molecule has 0 aromatic heterocycles. The Balaban J connectivity index is 1.88. The van der Waals surface area contributed by atoms with Crippen LogP contribution >= 0.6 is 0 Å². The van der Waals surface area contributed by atoms with Crippen molar-refractivity contribution >= 4 is 5.69 Å². The Hall–Kier alpha value is -1.76. The van der Waals surface area contributed by atoms with Crippen molar-refractivity contribution in [2.75, 3.05) is 11.4 Å². The topological polar surface area (TPSA) is 3.24 Å². The van der Waals surface area contributed by atoms with Gasteiger partial charge in [-0.15, -0.1) is 0 Å². The number of hydrogen-bond donors (Lipinski definition) is 0. The van der Waals surface area contributed by atoms with E-state index < -0.39 is 0 Å². The standard InChI is InChI=1S/C21H29N/c1-2-3-4-5-6-13-18-22(21-16-11-8-12-17-21)19-20-14-9-7-10-15-20/h7-12,14-17H,2-6,13,18-19H2,1H3. The third-order valence-electron chi connectivity index (χ3n) is 4.12. The summed E-state index contributed by atoms with van der Waals surface area (Å²) in [7, 11) is 0. The summed E-state index contributed by atoms with van der Waals surface area (Å²) in [5, 5.41) is 0. The van der Waals surface area contributed by atoms with Crippen molar-refractivity contribution in [3.8, 4) is 0 Å². The summed E-state index contributed by atoms with van der Waals surface area (Å²) in [6.07, 6.45) is 8.10. The van der Waals surface area contributed by atoms with Crippen LogP contribution < -0.4 is 4.90 Å². The van der Waals surface area contributed by atoms with E-state index in [2.05, 4.69) is 72.5 Å². The number of anilines is 1. The monoisotopic (exact) mass is 295 g/mol. The van der Waals surface area contributed by atoms with Crippen molar-refractivity contribution in [2.45, 2.75) is 52.0 Å². The van der Waals surface area contributed by atoms with Gasteiger partial charge < -0.3 is 4.90 Å². The van der Waals surface area contributed by atoms with Gasteiger partial charge in [0.2, 0.25) is 0 Å². The SMILES string of the molecule is CCCCCCCCN(Cc1ccccc1)c1ccccc1. The second kappa shape index (κ2) is 10.0. The number of nitrogens with zero attached hydrogens (tertiary/aromatic N) is 1. The van der Waals surface area contributed by atoms with Gasteiger partial charge >= 0.3 is 0 Å². The Morgan fingerprint density at radius 3 is 1.95 bits per heavy atom. The lowest BCUT2D eigenvalue weighted by molar-refractivity contribution is 0.598. The first-order chi connectivity index (χ1) is 10.9. The molecule has 118 valence electrons. The molecule has 1 nitrogen and oxygen atoms in total. The summed E-state index contributed by atoms with van der Waals surface area (Å²) < 4.78 is 0. The molecule has 1 heteroatoms. The normalized spacial score (nSPS) is 10.6. The van der Waals surface area contributed by atoms with Gasteiger partial charge in [0.05, 0.1) is 0 Å². The largest absolute Gasteiger partial charge is 0.367 e. The summed E-state index contributed by atoms with van der Waals surface area (Å²) in [5.41, 5.74) is 2.72. The molecule has 0 bridgehead atoms. The Labute approximate surface area is 136 Å². The molecule has 0 radical (unpaired) electrons. The first-order valence-corrected chi connectivity index (χ1v) is 8.74. The van der Waals surface area contributed by atoms with Crippen LogP contribution in [0, 0.1) is 0 Å². The van der Waals surface area contributed by atoms with Crippen molar-refractivity contribution in [3.05, 3.63) is 66.2 Å². The zero-order valence-electron chi connectivity index (χ0n) is 13.9. The number of para-hydroxylation sites is 1. The summed E-state index contributed by atoms with van der Waals surface area (Å²) in [5.74, 6) is 0. The van der Waals surface area contributed by atoms with Crippen LogP contribution in [0.3, 0.4) is 0 Å². The molecule has 2 aromatic rings. The van der Waals surface area contributed by atoms with Crippen LogP contribution in [0.4, 0.5) is 5.69 Å². The van der Waals surface area contributed by atoms with Crippen molar-refractivity contribution in [3.63, 3.8) is 0 Å². The minimum absolute atomic E-state index is 1.000. The van der Waals surface area contributed by atoms with E-state index in [1.54, 1.807) is 0 Å². The average molecular weight is 295 g/mol. The van der Waals surface area contributed by atoms with Crippen LogP contribution in [0.2, 0.25) is 0 Å². The second-order valence-corrected chi connectivity index (χ2v) is 6.01. The molecule has 0 aliphatic carbocycles. The Kier molecular flexibility index (Phi) is 7.59. The minimum atomic E-state index is 1.000. The molecule has 2 rings (SSSR count). The van der Waals surface area contributed by atoms with E-state index >= 15 is 0 Å². The maximum Gasteiger partial charge on any atom is 0.0429 e. The van der Waals surface area contributed by atoms with Gasteiger partial charge in [0.1, 0.15) is 0 Å². The second-order valence-electron chi connectivity index (χ2n) is 6.01. The number of benzene rings is 2. The first-order valence-electron chi connectivity index (χ1n) is 8.74. The van der Waals surface area contributed by atoms with E-state index in [-0.39, 0.29) is 0 Å². The van der Waals surface area contributed by atoms with Gasteiger partial charge in [0.15, 0.2) is 0 Å². The van der Waals surface area contributed by atoms with Gasteiger partial charge in [-0.3, -0.25) is 0 Å². The summed E-state index contributed by atoms with van der Waals surface area (Å²) in [4.78, 5) is 2.51. The van der Waals surface area contributed by atoms with E-state index in [9.17, 15) is 0 Å². The highest BCUT2D eigenvalue weighted by Gasteiger charge is 2.06. The summed E-state index contributed by atoms with van der Waals surface area (Å²) in [6, 6.07) is 21.6.